The van der Waals surface area contributed by atoms with Gasteiger partial charge in [0.15, 0.2) is 0 Å². The number of amides is 1. The number of carbonyl (C=O) groups excluding carboxylic acids is 1. The molecule has 0 saturated carbocycles. The van der Waals surface area contributed by atoms with Crippen LogP contribution in [0.5, 0.6) is 0 Å². The predicted molar refractivity (Wildman–Crippen MR) is 89.7 cm³/mol. The van der Waals surface area contributed by atoms with Crippen LogP contribution in [0.4, 0.5) is 5.69 Å². The highest BCUT2D eigenvalue weighted by atomic mass is 35.5. The number of nitrogens with one attached hydrogen (secondary N) is 1. The first kappa shape index (κ1) is 16.2. The number of carbonyl (C=O) groups is 1. The summed E-state index contributed by atoms with van der Waals surface area (Å²) in [6, 6.07) is 8.86. The molecule has 2 aromatic carbocycles. The molecule has 0 aromatic heterocycles. The summed E-state index contributed by atoms with van der Waals surface area (Å²) >= 11 is 18.1. The molecule has 0 radical (unpaired) electrons. The lowest BCUT2D eigenvalue weighted by atomic mass is 10.1. The van der Waals surface area contributed by atoms with E-state index in [1.54, 1.807) is 18.2 Å². The quantitative estimate of drug-likeness (QED) is 0.790. The van der Waals surface area contributed by atoms with E-state index < -0.39 is 0 Å². The minimum absolute atomic E-state index is 0.166. The molecule has 110 valence electrons. The van der Waals surface area contributed by atoms with Crippen molar-refractivity contribution in [3.63, 3.8) is 0 Å². The molecule has 0 heterocycles. The molecule has 0 unspecified atom stereocenters. The van der Waals surface area contributed by atoms with Crippen molar-refractivity contribution in [3.8, 4) is 0 Å². The Morgan fingerprint density at radius 2 is 1.76 bits per heavy atom. The van der Waals surface area contributed by atoms with Crippen LogP contribution < -0.4 is 5.32 Å². The molecule has 0 bridgehead atoms. The second-order valence-electron chi connectivity index (χ2n) is 4.90. The van der Waals surface area contributed by atoms with Crippen molar-refractivity contribution in [2.24, 2.45) is 0 Å². The molecule has 0 spiro atoms. The van der Waals surface area contributed by atoms with Crippen molar-refractivity contribution in [3.05, 3.63) is 62.1 Å². The molecule has 0 fully saturated rings. The Kier molecular flexibility index (Phi) is 5.15. The fourth-order valence-electron chi connectivity index (χ4n) is 2.10. The van der Waals surface area contributed by atoms with Crippen LogP contribution in [0.25, 0.3) is 0 Å². The molecule has 1 amide bonds. The maximum atomic E-state index is 12.1. The van der Waals surface area contributed by atoms with Gasteiger partial charge in [-0.15, -0.1) is 0 Å². The molecule has 1 N–H and O–H groups in total. The maximum Gasteiger partial charge on any atom is 0.228 e. The first-order valence-electron chi connectivity index (χ1n) is 6.37. The molecule has 2 nitrogen and oxygen atoms in total. The summed E-state index contributed by atoms with van der Waals surface area (Å²) in [6.07, 6.45) is 0.166. The third-order valence-corrected chi connectivity index (χ3v) is 3.95. The number of anilines is 1. The molecule has 0 atom stereocenters. The highest BCUT2D eigenvalue weighted by Crippen LogP contribution is 2.28. The second kappa shape index (κ2) is 6.69. The van der Waals surface area contributed by atoms with Gasteiger partial charge >= 0.3 is 0 Å². The third-order valence-electron chi connectivity index (χ3n) is 3.06. The fourth-order valence-corrected chi connectivity index (χ4v) is 2.94. The van der Waals surface area contributed by atoms with Gasteiger partial charge in [-0.1, -0.05) is 46.9 Å². The number of halogens is 3. The molecule has 5 heteroatoms. The summed E-state index contributed by atoms with van der Waals surface area (Å²) in [7, 11) is 0. The van der Waals surface area contributed by atoms with E-state index in [1.165, 1.54) is 0 Å². The third kappa shape index (κ3) is 4.13. The Morgan fingerprint density at radius 3 is 2.38 bits per heavy atom. The predicted octanol–water partition coefficient (Wildman–Crippen LogP) is 5.44. The molecule has 2 rings (SSSR count). The van der Waals surface area contributed by atoms with Crippen molar-refractivity contribution in [1.82, 2.24) is 0 Å². The van der Waals surface area contributed by atoms with Crippen LogP contribution in [0.2, 0.25) is 15.1 Å². The zero-order valence-electron chi connectivity index (χ0n) is 11.6. The number of hydrogen-bond acceptors (Lipinski definition) is 1. The average Bonchev–Trinajstić information content (AvgIpc) is 2.37. The molecule has 0 aliphatic heterocycles. The van der Waals surface area contributed by atoms with Gasteiger partial charge in [0.1, 0.15) is 0 Å². The van der Waals surface area contributed by atoms with Crippen LogP contribution in [0.1, 0.15) is 16.7 Å². The van der Waals surface area contributed by atoms with Crippen LogP contribution in [0, 0.1) is 13.8 Å². The van der Waals surface area contributed by atoms with Gasteiger partial charge in [0.2, 0.25) is 5.91 Å². The lowest BCUT2D eigenvalue weighted by Crippen LogP contribution is -2.15. The van der Waals surface area contributed by atoms with Crippen molar-refractivity contribution in [1.29, 1.82) is 0 Å². The minimum atomic E-state index is -0.173. The summed E-state index contributed by atoms with van der Waals surface area (Å²) in [6.45, 7) is 3.86. The molecule has 0 saturated heterocycles. The van der Waals surface area contributed by atoms with Crippen LogP contribution in [-0.2, 0) is 11.2 Å². The van der Waals surface area contributed by atoms with Crippen LogP contribution >= 0.6 is 34.8 Å². The Hall–Kier alpha value is -1.22. The first-order chi connectivity index (χ1) is 9.86. The van der Waals surface area contributed by atoms with E-state index in [0.29, 0.717) is 20.8 Å². The van der Waals surface area contributed by atoms with E-state index in [1.807, 2.05) is 26.0 Å². The minimum Gasteiger partial charge on any atom is -0.324 e. The van der Waals surface area contributed by atoms with Crippen LogP contribution in [0.15, 0.2) is 30.3 Å². The van der Waals surface area contributed by atoms with E-state index in [2.05, 4.69) is 5.32 Å². The molecule has 21 heavy (non-hydrogen) atoms. The van der Waals surface area contributed by atoms with Gasteiger partial charge in [-0.25, -0.2) is 0 Å². The normalized spacial score (nSPS) is 10.5. The second-order valence-corrected chi connectivity index (χ2v) is 6.15. The first-order valence-corrected chi connectivity index (χ1v) is 7.50. The Balaban J connectivity index is 2.16. The summed E-state index contributed by atoms with van der Waals surface area (Å²) in [4.78, 5) is 12.1. The Bertz CT molecular complexity index is 675. The van der Waals surface area contributed by atoms with Crippen molar-refractivity contribution < 1.29 is 4.79 Å². The summed E-state index contributed by atoms with van der Waals surface area (Å²) < 4.78 is 0. The van der Waals surface area contributed by atoms with Crippen LogP contribution in [0.3, 0.4) is 0 Å². The molecule has 0 aliphatic rings. The summed E-state index contributed by atoms with van der Waals surface area (Å²) in [5.41, 5.74) is 3.34. The summed E-state index contributed by atoms with van der Waals surface area (Å²) in [5.74, 6) is -0.173. The van der Waals surface area contributed by atoms with Gasteiger partial charge in [0.05, 0.1) is 17.1 Å². The largest absolute Gasteiger partial charge is 0.324 e. The van der Waals surface area contributed by atoms with Gasteiger partial charge in [-0.05, 0) is 48.7 Å². The molecular weight excluding hydrogens is 329 g/mol. The summed E-state index contributed by atoms with van der Waals surface area (Å²) in [5, 5.41) is 4.38. The van der Waals surface area contributed by atoms with E-state index in [9.17, 15) is 4.79 Å². The number of aryl methyl sites for hydroxylation is 2. The SMILES string of the molecule is Cc1cc(C)c(NC(=O)Cc2ccc(Cl)cc2Cl)c(Cl)c1. The lowest BCUT2D eigenvalue weighted by Gasteiger charge is -2.12. The van der Waals surface area contributed by atoms with Crippen molar-refractivity contribution >= 4 is 46.4 Å². The number of rotatable bonds is 3. The van der Waals surface area contributed by atoms with Crippen LogP contribution in [-0.4, -0.2) is 5.91 Å². The standard InChI is InChI=1S/C16H14Cl3NO/c1-9-5-10(2)16(14(19)6-9)20-15(21)7-11-3-4-12(17)8-13(11)18/h3-6,8H,7H2,1-2H3,(H,20,21). The topological polar surface area (TPSA) is 29.1 Å². The zero-order valence-corrected chi connectivity index (χ0v) is 13.9. The lowest BCUT2D eigenvalue weighted by molar-refractivity contribution is -0.115. The van der Waals surface area contributed by atoms with E-state index >= 15 is 0 Å². The van der Waals surface area contributed by atoms with E-state index in [4.69, 9.17) is 34.8 Å². The Morgan fingerprint density at radius 1 is 1.05 bits per heavy atom. The molecule has 2 aromatic rings. The highest BCUT2D eigenvalue weighted by Gasteiger charge is 2.12. The van der Waals surface area contributed by atoms with Crippen molar-refractivity contribution in [2.75, 3.05) is 5.32 Å². The van der Waals surface area contributed by atoms with Gasteiger partial charge in [0, 0.05) is 10.0 Å². The zero-order chi connectivity index (χ0) is 15.6. The average molecular weight is 343 g/mol. The number of hydrogen-bond donors (Lipinski definition) is 1. The molecular formula is C16H14Cl3NO. The van der Waals surface area contributed by atoms with E-state index in [-0.39, 0.29) is 12.3 Å². The van der Waals surface area contributed by atoms with Gasteiger partial charge in [0.25, 0.3) is 0 Å². The van der Waals surface area contributed by atoms with Gasteiger partial charge in [-0.2, -0.15) is 0 Å². The maximum absolute atomic E-state index is 12.1. The van der Waals surface area contributed by atoms with E-state index in [0.717, 1.165) is 16.7 Å². The number of benzene rings is 2. The Labute approximate surface area is 139 Å². The van der Waals surface area contributed by atoms with Crippen molar-refractivity contribution in [2.45, 2.75) is 20.3 Å². The highest BCUT2D eigenvalue weighted by molar-refractivity contribution is 6.35. The van der Waals surface area contributed by atoms with Gasteiger partial charge < -0.3 is 5.32 Å². The van der Waals surface area contributed by atoms with Gasteiger partial charge in [-0.3, -0.25) is 4.79 Å². The smallest absolute Gasteiger partial charge is 0.228 e. The monoisotopic (exact) mass is 341 g/mol. The fraction of sp³-hybridized carbons (Fsp3) is 0.188. The molecule has 0 aliphatic carbocycles.